The quantitative estimate of drug-likeness (QED) is 0.0168. The van der Waals surface area contributed by atoms with E-state index < -0.39 is 34.1 Å². The van der Waals surface area contributed by atoms with Gasteiger partial charge in [-0.3, -0.25) is 4.79 Å². The highest BCUT2D eigenvalue weighted by molar-refractivity contribution is 5.85. The number of benzene rings is 6. The lowest BCUT2D eigenvalue weighted by atomic mass is 9.92. The largest absolute Gasteiger partial charge is 0.508 e. The number of phenolic OH excluding ortho intramolecular Hbond substituents is 5. The predicted molar refractivity (Wildman–Crippen MR) is 525 cm³/mol. The molecule has 5 amide bonds. The van der Waals surface area contributed by atoms with Gasteiger partial charge >= 0.3 is 30.5 Å². The molecule has 0 radical (unpaired) electrons. The van der Waals surface area contributed by atoms with Gasteiger partial charge in [0.15, 0.2) is 0 Å². The molecule has 0 heterocycles. The number of ether oxygens (including phenoxy) is 9. The Hall–Kier alpha value is -10.2. The molecular weight excluding hydrogens is 1720 g/mol. The number of hydrogen-bond acceptors (Lipinski definition) is 21. The van der Waals surface area contributed by atoms with Crippen molar-refractivity contribution in [2.45, 2.75) is 293 Å². The van der Waals surface area contributed by atoms with Crippen LogP contribution in [0.25, 0.3) is 0 Å². The molecule has 15 rings (SSSR count). The number of Topliss-reactive ketones (excluding diaryl/α,β-unsaturated/α-hetero) is 1. The number of hydrogen-bond donors (Lipinski definition) is 11. The summed E-state index contributed by atoms with van der Waals surface area (Å²) in [5, 5.41) is 62.6. The van der Waals surface area contributed by atoms with E-state index in [1.807, 2.05) is 168 Å². The van der Waals surface area contributed by atoms with Crippen LogP contribution >= 0.6 is 12.4 Å². The van der Waals surface area contributed by atoms with Gasteiger partial charge in [0.25, 0.3) is 0 Å². The monoisotopic (exact) mass is 1880 g/mol. The van der Waals surface area contributed by atoms with Crippen LogP contribution in [-0.2, 0) is 28.5 Å². The second-order valence-corrected chi connectivity index (χ2v) is 43.9. The van der Waals surface area contributed by atoms with E-state index in [2.05, 4.69) is 70.8 Å². The van der Waals surface area contributed by atoms with Crippen LogP contribution in [0.15, 0.2) is 109 Å². The smallest absolute Gasteiger partial charge is 0.407 e. The van der Waals surface area contributed by atoms with Crippen LogP contribution in [0.1, 0.15) is 294 Å². The third kappa shape index (κ3) is 39.6. The molecule has 0 saturated heterocycles. The molecule has 742 valence electrons. The lowest BCUT2D eigenvalue weighted by Crippen LogP contribution is -2.33. The first-order valence-electron chi connectivity index (χ1n) is 47.8. The van der Waals surface area contributed by atoms with Crippen LogP contribution < -0.4 is 51.3 Å². The predicted octanol–water partition coefficient (Wildman–Crippen LogP) is 22.2. The molecule has 9 saturated carbocycles. The van der Waals surface area contributed by atoms with Gasteiger partial charge in [-0.25, -0.2) is 24.0 Å². The number of phenols is 5. The van der Waals surface area contributed by atoms with Crippen molar-refractivity contribution in [1.82, 2.24) is 26.6 Å². The lowest BCUT2D eigenvalue weighted by molar-refractivity contribution is -0.124. The second-order valence-electron chi connectivity index (χ2n) is 43.9. The molecular formula is C107H157ClN6O20. The number of alkyl carbamates (subject to hydrolysis) is 5. The second kappa shape index (κ2) is 47.5. The normalized spacial score (nSPS) is 21.8. The maximum atomic E-state index is 11.8. The highest BCUT2D eigenvalue weighted by Crippen LogP contribution is 2.56. The fourth-order valence-corrected chi connectivity index (χ4v) is 15.2. The van der Waals surface area contributed by atoms with E-state index in [0.29, 0.717) is 109 Å². The fraction of sp³-hybridized carbons (Fsp3) is 0.607. The highest BCUT2D eigenvalue weighted by atomic mass is 35.5. The zero-order valence-corrected chi connectivity index (χ0v) is 84.6. The molecule has 6 aromatic rings. The fourth-order valence-electron chi connectivity index (χ4n) is 15.2. The molecule has 0 spiro atoms. The Morgan fingerprint density at radius 3 is 0.813 bits per heavy atom. The molecule has 26 nitrogen and oxygen atoms in total. The molecule has 9 aliphatic carbocycles. The number of amides is 5. The summed E-state index contributed by atoms with van der Waals surface area (Å²) in [4.78, 5) is 68.7. The van der Waals surface area contributed by atoms with E-state index in [1.54, 1.807) is 44.4 Å². The van der Waals surface area contributed by atoms with Gasteiger partial charge in [0.1, 0.15) is 85.5 Å². The third-order valence-corrected chi connectivity index (χ3v) is 24.1. The van der Waals surface area contributed by atoms with Crippen LogP contribution in [-0.4, -0.2) is 156 Å². The van der Waals surface area contributed by atoms with Gasteiger partial charge in [-0.2, -0.15) is 0 Å². The van der Waals surface area contributed by atoms with Crippen LogP contribution in [0.4, 0.5) is 24.0 Å². The number of nitrogens with two attached hydrogens (primary N) is 1. The highest BCUT2D eigenvalue weighted by Gasteiger charge is 2.46. The summed E-state index contributed by atoms with van der Waals surface area (Å²) in [6.45, 7) is 47.4. The number of halogens is 1. The van der Waals surface area contributed by atoms with E-state index >= 15 is 0 Å². The van der Waals surface area contributed by atoms with Crippen LogP contribution in [0, 0.1) is 79.4 Å². The van der Waals surface area contributed by atoms with Gasteiger partial charge in [0.2, 0.25) is 0 Å². The SMILES string of the molecule is CC(=O)C(C)(C)C.CC(C)(C)OC(=O)NCC1CC1c1cc(O)ccc1O.CC(C)(C)OC(=O)NCC1CC1c1cc(O)ccc1OCC1CC1.COc1ccc(C)cc1C1CC1CNC(=O)OC(C)(C)C.Cc1ccc(O)c(C2CC2CNC(=O)OC(C)(C)C)c1.Cc1ccc(OCC2CC2)c(C2CC2CNC(=O)OC(C)(C)C)c1.Cl.NCC1CC1c1cc(O)ccc1OCC1CC1. The van der Waals surface area contributed by atoms with E-state index in [-0.39, 0.29) is 77.1 Å². The first-order valence-corrected chi connectivity index (χ1v) is 47.8. The molecule has 0 bridgehead atoms. The lowest BCUT2D eigenvalue weighted by Gasteiger charge is -2.19. The number of carbonyl (C=O) groups is 6. The first kappa shape index (κ1) is 109. The zero-order valence-electron chi connectivity index (χ0n) is 83.7. The molecule has 27 heteroatoms. The maximum absolute atomic E-state index is 11.8. The Labute approximate surface area is 802 Å². The Balaban J connectivity index is 0.000000195. The molecule has 12 atom stereocenters. The number of aryl methyl sites for hydroxylation is 3. The average Bonchev–Trinajstić information content (AvgIpc) is 1.64. The summed E-state index contributed by atoms with van der Waals surface area (Å²) < 4.78 is 49.4. The number of methoxy groups -OCH3 is 1. The molecule has 9 aliphatic rings. The summed E-state index contributed by atoms with van der Waals surface area (Å²) in [6, 6.07) is 33.6. The van der Waals surface area contributed by atoms with E-state index in [0.717, 1.165) is 128 Å². The van der Waals surface area contributed by atoms with Gasteiger partial charge in [-0.1, -0.05) is 73.9 Å². The summed E-state index contributed by atoms with van der Waals surface area (Å²) in [7, 11) is 1.70. The summed E-state index contributed by atoms with van der Waals surface area (Å²) in [5.41, 5.74) is 13.3. The first-order chi connectivity index (χ1) is 62.2. The van der Waals surface area contributed by atoms with E-state index in [9.17, 15) is 54.3 Å². The number of ketones is 1. The number of nitrogens with one attached hydrogen (secondary N) is 5. The van der Waals surface area contributed by atoms with Crippen molar-refractivity contribution in [3.63, 3.8) is 0 Å². The Morgan fingerprint density at radius 1 is 0.328 bits per heavy atom. The number of aromatic hydroxyl groups is 5. The minimum absolute atomic E-state index is 0. The Kier molecular flexibility index (Phi) is 38.7. The standard InChI is InChI=1S/C20H29NO3.C19H27NO4.C17H25NO3.C16H23NO3.C15H21NO4.C14H19NO2.C6H12O.ClH/c1-13-5-8-18(23-12-14-6-7-14)17(9-13)16-10-15(16)11-21-19(22)24-20(2,3)4;1-19(2,3)24-18(22)20-10-13-8-15(13)16-9-14(21)6-7-17(16)23-11-12-4-5-12;1-11-6-7-15(20-5)14(8-11)13-9-12(13)10-18-16(19)21-17(2,3)4;1-10-5-6-14(18)13(7-10)12-8-11(12)9-17-15(19)20-16(2,3)4;1-15(2,3)20-14(19)16-8-9-6-11(9)12-7-10(17)4-5-13(12)18;15-7-10-5-12(10)13-6-11(16)3-4-14(13)17-8-9-1-2-9;1-5(7)6(2,3)4;/h5,8-9,14-16H,6-7,10-12H2,1-4H3,(H,21,22);6-7,9,12-13,15,21H,4-5,8,10-11H2,1-3H3,(H,20,22);6-8,12-13H,9-10H2,1-5H3,(H,18,19);5-7,11-12,18H,8-9H2,1-4H3,(H,17,19);4-5,7,9,11,17-18H,6,8H2,1-3H3,(H,16,19);3-4,6,9-10,12,16H,1-2,5,7-8,15H2;1-4H3;1H. The van der Waals surface area contributed by atoms with Crippen molar-refractivity contribution in [2.75, 3.05) is 66.2 Å². The Bertz CT molecular complexity index is 4670. The maximum Gasteiger partial charge on any atom is 0.407 e. The Morgan fingerprint density at radius 2 is 0.545 bits per heavy atom. The van der Waals surface area contributed by atoms with Gasteiger partial charge < -0.3 is 100 Å². The summed E-state index contributed by atoms with van der Waals surface area (Å²) in [5.74, 6) is 12.3. The van der Waals surface area contributed by atoms with Crippen molar-refractivity contribution >= 4 is 48.7 Å². The average molecular weight is 1880 g/mol. The molecule has 0 aliphatic heterocycles. The zero-order chi connectivity index (χ0) is 98.0. The van der Waals surface area contributed by atoms with Gasteiger partial charge in [0, 0.05) is 54.8 Å². The van der Waals surface area contributed by atoms with Gasteiger partial charge in [-0.15, -0.1) is 12.4 Å². The minimum atomic E-state index is -0.503. The third-order valence-electron chi connectivity index (χ3n) is 24.1. The van der Waals surface area contributed by atoms with E-state index in [1.165, 1.54) is 72.9 Å². The number of rotatable bonds is 27. The molecule has 12 N–H and O–H groups in total. The van der Waals surface area contributed by atoms with Crippen molar-refractivity contribution in [2.24, 2.45) is 64.4 Å². The summed E-state index contributed by atoms with van der Waals surface area (Å²) >= 11 is 0. The summed E-state index contributed by atoms with van der Waals surface area (Å²) in [6.07, 6.45) is 12.0. The van der Waals surface area contributed by atoms with Gasteiger partial charge in [0.05, 0.1) is 26.9 Å². The molecule has 134 heavy (non-hydrogen) atoms. The van der Waals surface area contributed by atoms with Crippen molar-refractivity contribution in [3.8, 4) is 51.7 Å². The molecule has 0 aromatic heterocycles. The number of carbonyl (C=O) groups excluding carboxylic acids is 6. The van der Waals surface area contributed by atoms with E-state index in [4.69, 9.17) is 48.4 Å². The van der Waals surface area contributed by atoms with Crippen molar-refractivity contribution in [1.29, 1.82) is 0 Å². The van der Waals surface area contributed by atoms with Crippen LogP contribution in [0.5, 0.6) is 51.7 Å². The molecule has 6 aromatic carbocycles. The minimum Gasteiger partial charge on any atom is -0.508 e. The molecule has 12 unspecified atom stereocenters. The topological polar surface area (TPSA) is 373 Å². The van der Waals surface area contributed by atoms with Crippen molar-refractivity contribution < 1.29 is 96.9 Å². The van der Waals surface area contributed by atoms with Crippen LogP contribution in [0.3, 0.4) is 0 Å². The van der Waals surface area contributed by atoms with Crippen LogP contribution in [0.2, 0.25) is 0 Å². The van der Waals surface area contributed by atoms with Crippen molar-refractivity contribution in [3.05, 3.63) is 159 Å². The molecule has 9 fully saturated rings. The van der Waals surface area contributed by atoms with Gasteiger partial charge in [-0.05, 0) is 393 Å².